The summed E-state index contributed by atoms with van der Waals surface area (Å²) in [4.78, 5) is 0. The predicted octanol–water partition coefficient (Wildman–Crippen LogP) is 2.98. The number of hydrogen-bond donors (Lipinski definition) is 0. The SMILES string of the molecule is C=C(/C=C(\C)F)C(F)(F)F. The van der Waals surface area contributed by atoms with Crippen LogP contribution in [0.3, 0.4) is 0 Å². The second-order valence-corrected chi connectivity index (χ2v) is 1.75. The third kappa shape index (κ3) is 3.27. The highest BCUT2D eigenvalue weighted by Gasteiger charge is 2.30. The molecular formula is C6H6F4. The maximum Gasteiger partial charge on any atom is 0.415 e. The van der Waals surface area contributed by atoms with E-state index in [0.29, 0.717) is 6.08 Å². The summed E-state index contributed by atoms with van der Waals surface area (Å²) in [6.45, 7) is 3.55. The van der Waals surface area contributed by atoms with Crippen LogP contribution in [0.5, 0.6) is 0 Å². The average molecular weight is 154 g/mol. The van der Waals surface area contributed by atoms with Gasteiger partial charge in [0.2, 0.25) is 0 Å². The minimum Gasteiger partial charge on any atom is -0.212 e. The van der Waals surface area contributed by atoms with Gasteiger partial charge in [0.1, 0.15) is 0 Å². The highest BCUT2D eigenvalue weighted by molar-refractivity contribution is 5.21. The van der Waals surface area contributed by atoms with Crippen LogP contribution in [0, 0.1) is 0 Å². The van der Waals surface area contributed by atoms with Gasteiger partial charge in [0.15, 0.2) is 0 Å². The summed E-state index contributed by atoms with van der Waals surface area (Å²) >= 11 is 0. The molecule has 0 aromatic carbocycles. The molecule has 0 atom stereocenters. The van der Waals surface area contributed by atoms with Crippen molar-refractivity contribution in [3.63, 3.8) is 0 Å². The van der Waals surface area contributed by atoms with Crippen LogP contribution in [-0.4, -0.2) is 6.18 Å². The van der Waals surface area contributed by atoms with Crippen molar-refractivity contribution in [3.8, 4) is 0 Å². The molecule has 10 heavy (non-hydrogen) atoms. The molecule has 0 heterocycles. The van der Waals surface area contributed by atoms with Gasteiger partial charge >= 0.3 is 6.18 Å². The number of halogens is 4. The summed E-state index contributed by atoms with van der Waals surface area (Å²) in [7, 11) is 0. The quantitative estimate of drug-likeness (QED) is 0.402. The van der Waals surface area contributed by atoms with Crippen molar-refractivity contribution in [3.05, 3.63) is 24.1 Å². The van der Waals surface area contributed by atoms with E-state index in [1.54, 1.807) is 0 Å². The largest absolute Gasteiger partial charge is 0.415 e. The lowest BCUT2D eigenvalue weighted by molar-refractivity contribution is -0.0879. The average Bonchev–Trinajstić information content (AvgIpc) is 1.60. The van der Waals surface area contributed by atoms with E-state index in [-0.39, 0.29) is 0 Å². The van der Waals surface area contributed by atoms with Crippen LogP contribution in [-0.2, 0) is 0 Å². The molecule has 0 saturated carbocycles. The van der Waals surface area contributed by atoms with Crippen LogP contribution >= 0.6 is 0 Å². The lowest BCUT2D eigenvalue weighted by atomic mass is 10.3. The Morgan fingerprint density at radius 1 is 1.40 bits per heavy atom. The second kappa shape index (κ2) is 2.86. The van der Waals surface area contributed by atoms with E-state index in [2.05, 4.69) is 6.58 Å². The first kappa shape index (κ1) is 9.20. The topological polar surface area (TPSA) is 0 Å². The molecule has 0 aliphatic heterocycles. The van der Waals surface area contributed by atoms with E-state index in [1.165, 1.54) is 0 Å². The van der Waals surface area contributed by atoms with Gasteiger partial charge in [-0.2, -0.15) is 13.2 Å². The van der Waals surface area contributed by atoms with Gasteiger partial charge in [-0.15, -0.1) is 0 Å². The zero-order valence-corrected chi connectivity index (χ0v) is 5.30. The summed E-state index contributed by atoms with van der Waals surface area (Å²) < 4.78 is 46.3. The minimum absolute atomic E-state index is 0.347. The number of rotatable bonds is 1. The van der Waals surface area contributed by atoms with Crippen LogP contribution in [0.4, 0.5) is 17.6 Å². The lowest BCUT2D eigenvalue weighted by Crippen LogP contribution is -2.08. The van der Waals surface area contributed by atoms with Gasteiger partial charge in [0.25, 0.3) is 0 Å². The maximum atomic E-state index is 11.8. The number of allylic oxidation sites excluding steroid dienone is 3. The van der Waals surface area contributed by atoms with Crippen molar-refractivity contribution in [1.82, 2.24) is 0 Å². The monoisotopic (exact) mass is 154 g/mol. The van der Waals surface area contributed by atoms with Crippen LogP contribution < -0.4 is 0 Å². The van der Waals surface area contributed by atoms with E-state index in [9.17, 15) is 17.6 Å². The van der Waals surface area contributed by atoms with Gasteiger partial charge in [0, 0.05) is 0 Å². The summed E-state index contributed by atoms with van der Waals surface area (Å²) in [6.07, 6.45) is -4.17. The van der Waals surface area contributed by atoms with Gasteiger partial charge in [-0.05, 0) is 13.0 Å². The molecule has 0 aliphatic carbocycles. The van der Waals surface area contributed by atoms with Crippen molar-refractivity contribution in [2.45, 2.75) is 13.1 Å². The molecule has 0 rings (SSSR count). The standard InChI is InChI=1S/C6H6F4/c1-4(3-5(2)7)6(8,9)10/h3H,1H2,2H3/b5-3+. The first-order valence-electron chi connectivity index (χ1n) is 2.44. The maximum absolute atomic E-state index is 11.8. The Kier molecular flexibility index (Phi) is 2.63. The third-order valence-electron chi connectivity index (χ3n) is 0.737. The van der Waals surface area contributed by atoms with Gasteiger partial charge in [-0.3, -0.25) is 0 Å². The number of hydrogen-bond acceptors (Lipinski definition) is 0. The van der Waals surface area contributed by atoms with Crippen molar-refractivity contribution >= 4 is 0 Å². The molecule has 0 amide bonds. The van der Waals surface area contributed by atoms with Crippen LogP contribution in [0.15, 0.2) is 24.1 Å². The first-order chi connectivity index (χ1) is 4.34. The van der Waals surface area contributed by atoms with Crippen molar-refractivity contribution in [2.75, 3.05) is 0 Å². The molecule has 0 aromatic heterocycles. The minimum atomic E-state index is -4.52. The summed E-state index contributed by atoms with van der Waals surface area (Å²) in [6, 6.07) is 0. The number of alkyl halides is 3. The van der Waals surface area contributed by atoms with E-state index < -0.39 is 17.6 Å². The fourth-order valence-electron chi connectivity index (χ4n) is 0.322. The molecule has 0 aliphatic rings. The molecule has 0 radical (unpaired) electrons. The zero-order valence-electron chi connectivity index (χ0n) is 5.30. The highest BCUT2D eigenvalue weighted by Crippen LogP contribution is 2.25. The Hall–Kier alpha value is -0.800. The van der Waals surface area contributed by atoms with Gasteiger partial charge < -0.3 is 0 Å². The first-order valence-corrected chi connectivity index (χ1v) is 2.44. The Labute approximate surface area is 55.8 Å². The fourth-order valence-corrected chi connectivity index (χ4v) is 0.322. The molecule has 0 unspecified atom stereocenters. The zero-order chi connectivity index (χ0) is 8.36. The molecule has 0 N–H and O–H groups in total. The Balaban J connectivity index is 4.27. The van der Waals surface area contributed by atoms with E-state index in [0.717, 1.165) is 6.92 Å². The van der Waals surface area contributed by atoms with Crippen LogP contribution in [0.25, 0.3) is 0 Å². The van der Waals surface area contributed by atoms with E-state index in [4.69, 9.17) is 0 Å². The molecule has 0 nitrogen and oxygen atoms in total. The van der Waals surface area contributed by atoms with E-state index in [1.807, 2.05) is 0 Å². The lowest BCUT2D eigenvalue weighted by Gasteiger charge is -2.03. The molecule has 0 fully saturated rings. The Morgan fingerprint density at radius 2 is 1.80 bits per heavy atom. The summed E-state index contributed by atoms with van der Waals surface area (Å²) in [5.74, 6) is -0.901. The predicted molar refractivity (Wildman–Crippen MR) is 30.1 cm³/mol. The molecule has 0 spiro atoms. The normalized spacial score (nSPS) is 13.5. The van der Waals surface area contributed by atoms with Gasteiger partial charge in [0.05, 0.1) is 11.4 Å². The summed E-state index contributed by atoms with van der Waals surface area (Å²) in [5, 5.41) is 0. The fraction of sp³-hybridized carbons (Fsp3) is 0.333. The summed E-state index contributed by atoms with van der Waals surface area (Å²) in [5.41, 5.74) is -1.17. The molecule has 0 aromatic rings. The molecule has 0 bridgehead atoms. The second-order valence-electron chi connectivity index (χ2n) is 1.75. The van der Waals surface area contributed by atoms with E-state index >= 15 is 0 Å². The molecule has 0 saturated heterocycles. The van der Waals surface area contributed by atoms with Gasteiger partial charge in [-0.25, -0.2) is 4.39 Å². The smallest absolute Gasteiger partial charge is 0.212 e. The molecule has 58 valence electrons. The van der Waals surface area contributed by atoms with Crippen LogP contribution in [0.2, 0.25) is 0 Å². The van der Waals surface area contributed by atoms with Crippen molar-refractivity contribution < 1.29 is 17.6 Å². The van der Waals surface area contributed by atoms with Crippen molar-refractivity contribution in [1.29, 1.82) is 0 Å². The Morgan fingerprint density at radius 3 is 1.90 bits per heavy atom. The van der Waals surface area contributed by atoms with Crippen molar-refractivity contribution in [2.24, 2.45) is 0 Å². The molecule has 4 heteroatoms. The Bertz CT molecular complexity index is 159. The third-order valence-corrected chi connectivity index (χ3v) is 0.737. The van der Waals surface area contributed by atoms with Gasteiger partial charge in [-0.1, -0.05) is 6.58 Å². The molecular weight excluding hydrogens is 148 g/mol. The van der Waals surface area contributed by atoms with Crippen LogP contribution in [0.1, 0.15) is 6.92 Å². The highest BCUT2D eigenvalue weighted by atomic mass is 19.4.